The fourth-order valence-corrected chi connectivity index (χ4v) is 3.52. The maximum atomic E-state index is 12.8. The summed E-state index contributed by atoms with van der Waals surface area (Å²) in [5, 5.41) is 17.6. The van der Waals surface area contributed by atoms with Gasteiger partial charge in [-0.15, -0.1) is 0 Å². The van der Waals surface area contributed by atoms with E-state index in [0.717, 1.165) is 5.56 Å². The molecule has 0 fully saturated rings. The van der Waals surface area contributed by atoms with E-state index in [-0.39, 0.29) is 29.5 Å². The van der Waals surface area contributed by atoms with E-state index < -0.39 is 0 Å². The number of hydrogen-bond donors (Lipinski definition) is 5. The number of carbonyl (C=O) groups excluding carboxylic acids is 1. The zero-order valence-electron chi connectivity index (χ0n) is 16.7. The summed E-state index contributed by atoms with van der Waals surface area (Å²) in [4.78, 5) is 12.8. The predicted octanol–water partition coefficient (Wildman–Crippen LogP) is 3.74. The van der Waals surface area contributed by atoms with Gasteiger partial charge in [-0.05, 0) is 31.7 Å². The Morgan fingerprint density at radius 3 is 2.20 bits per heavy atom. The molecule has 6 N–H and O–H groups in total. The van der Waals surface area contributed by atoms with Crippen molar-refractivity contribution in [3.8, 4) is 0 Å². The number of halogens is 3. The molecule has 2 aromatic carbocycles. The molecule has 1 unspecified atom stereocenters. The van der Waals surface area contributed by atoms with Gasteiger partial charge in [0.2, 0.25) is 0 Å². The van der Waals surface area contributed by atoms with E-state index in [1.807, 2.05) is 6.92 Å². The number of amides is 1. The van der Waals surface area contributed by atoms with E-state index >= 15 is 0 Å². The third kappa shape index (κ3) is 6.37. The summed E-state index contributed by atoms with van der Waals surface area (Å²) in [6, 6.07) is 12.0. The maximum absolute atomic E-state index is 12.8. The molecule has 2 aromatic rings. The number of nitrogens with one attached hydrogen (secondary N) is 4. The highest BCUT2D eigenvalue weighted by Crippen LogP contribution is 2.25. The topological polar surface area (TPSA) is 103 Å². The maximum Gasteiger partial charge on any atom is 0.252 e. The average molecular weight is 469 g/mol. The summed E-state index contributed by atoms with van der Waals surface area (Å²) in [7, 11) is 1.74. The van der Waals surface area contributed by atoms with Crippen molar-refractivity contribution in [2.45, 2.75) is 26.1 Å². The van der Waals surface area contributed by atoms with Crippen LogP contribution in [0.5, 0.6) is 0 Å². The first-order valence-corrected chi connectivity index (χ1v) is 10.3. The lowest BCUT2D eigenvalue weighted by molar-refractivity contribution is -0.118. The zero-order valence-corrected chi connectivity index (χ0v) is 18.9. The lowest BCUT2D eigenvalue weighted by atomic mass is 10.1. The minimum atomic E-state index is -0.310. The number of likely N-dealkylation sites (N-methyl/N-ethyl adjacent to an activating group) is 1. The van der Waals surface area contributed by atoms with Crippen molar-refractivity contribution < 1.29 is 4.79 Å². The fourth-order valence-electron chi connectivity index (χ4n) is 2.67. The van der Waals surface area contributed by atoms with Crippen LogP contribution in [0.25, 0.3) is 0 Å². The third-order valence-corrected chi connectivity index (χ3v) is 5.59. The monoisotopic (exact) mass is 467 g/mol. The second-order valence-corrected chi connectivity index (χ2v) is 7.78. The Hall–Kier alpha value is -2.25. The van der Waals surface area contributed by atoms with Crippen LogP contribution < -0.4 is 21.7 Å². The van der Waals surface area contributed by atoms with Crippen LogP contribution in [0, 0.1) is 5.41 Å². The molecular formula is C21H24Cl3N5O. The summed E-state index contributed by atoms with van der Waals surface area (Å²) in [5.41, 5.74) is 8.02. The molecule has 1 amide bonds. The Morgan fingerprint density at radius 2 is 1.67 bits per heavy atom. The van der Waals surface area contributed by atoms with Crippen LogP contribution in [0.15, 0.2) is 53.2 Å². The minimum absolute atomic E-state index is 0.00451. The summed E-state index contributed by atoms with van der Waals surface area (Å²) in [6.07, 6.45) is 0. The van der Waals surface area contributed by atoms with Gasteiger partial charge in [0.1, 0.15) is 11.0 Å². The van der Waals surface area contributed by atoms with E-state index in [9.17, 15) is 4.79 Å². The van der Waals surface area contributed by atoms with Crippen LogP contribution >= 0.6 is 34.8 Å². The van der Waals surface area contributed by atoms with Gasteiger partial charge in [0.05, 0.1) is 5.57 Å². The number of rotatable bonds is 9. The molecule has 2 rings (SSSR count). The standard InChI is InChI=1S/C21H24Cl3N5O/c1-12(27-2)18(19(24)28-11-15-16(22)4-3-5-17(15)23)21(30)29-10-13-6-8-14(9-7-13)20(25)26/h3-9,12,27-28H,10-11H2,1-2H3,(H3,25,26)(H,29,30)/b19-18+. The molecule has 30 heavy (non-hydrogen) atoms. The van der Waals surface area contributed by atoms with Gasteiger partial charge < -0.3 is 21.7 Å². The molecule has 9 heteroatoms. The predicted molar refractivity (Wildman–Crippen MR) is 124 cm³/mol. The van der Waals surface area contributed by atoms with Crippen molar-refractivity contribution in [2.24, 2.45) is 5.73 Å². The number of nitrogen functional groups attached to an aromatic ring is 1. The van der Waals surface area contributed by atoms with Crippen molar-refractivity contribution in [1.82, 2.24) is 16.0 Å². The molecule has 1 atom stereocenters. The quantitative estimate of drug-likeness (QED) is 0.167. The van der Waals surface area contributed by atoms with Gasteiger partial charge in [0.15, 0.2) is 0 Å². The Balaban J connectivity index is 2.12. The van der Waals surface area contributed by atoms with Crippen LogP contribution in [-0.4, -0.2) is 24.8 Å². The van der Waals surface area contributed by atoms with Gasteiger partial charge in [-0.1, -0.05) is 65.1 Å². The molecule has 0 aliphatic rings. The average Bonchev–Trinajstić information content (AvgIpc) is 2.72. The summed E-state index contributed by atoms with van der Waals surface area (Å²) < 4.78 is 0. The molecule has 160 valence electrons. The highest BCUT2D eigenvalue weighted by molar-refractivity contribution is 6.36. The largest absolute Gasteiger partial charge is 0.384 e. The van der Waals surface area contributed by atoms with Crippen molar-refractivity contribution >= 4 is 46.5 Å². The van der Waals surface area contributed by atoms with Crippen LogP contribution in [0.2, 0.25) is 10.0 Å². The van der Waals surface area contributed by atoms with Crippen molar-refractivity contribution in [2.75, 3.05) is 7.05 Å². The van der Waals surface area contributed by atoms with Gasteiger partial charge in [-0.2, -0.15) is 0 Å². The Morgan fingerprint density at radius 1 is 1.07 bits per heavy atom. The molecule has 0 aromatic heterocycles. The molecular weight excluding hydrogens is 445 g/mol. The Kier molecular flexibility index (Phi) is 8.99. The number of amidine groups is 1. The molecule has 0 radical (unpaired) electrons. The van der Waals surface area contributed by atoms with Crippen molar-refractivity contribution in [1.29, 1.82) is 5.41 Å². The minimum Gasteiger partial charge on any atom is -0.384 e. The first kappa shape index (κ1) is 24.0. The van der Waals surface area contributed by atoms with Crippen LogP contribution in [0.1, 0.15) is 23.6 Å². The Bertz CT molecular complexity index is 924. The van der Waals surface area contributed by atoms with E-state index in [1.54, 1.807) is 49.5 Å². The number of carbonyl (C=O) groups is 1. The first-order valence-electron chi connectivity index (χ1n) is 9.19. The molecule has 0 aliphatic heterocycles. The van der Waals surface area contributed by atoms with Crippen LogP contribution in [0.4, 0.5) is 0 Å². The van der Waals surface area contributed by atoms with E-state index in [4.69, 9.17) is 45.9 Å². The van der Waals surface area contributed by atoms with E-state index in [1.165, 1.54) is 0 Å². The highest BCUT2D eigenvalue weighted by atomic mass is 35.5. The number of benzene rings is 2. The molecule has 0 aliphatic carbocycles. The van der Waals surface area contributed by atoms with Crippen molar-refractivity contribution in [3.05, 3.63) is 79.9 Å². The second-order valence-electron chi connectivity index (χ2n) is 6.59. The van der Waals surface area contributed by atoms with Gasteiger partial charge >= 0.3 is 0 Å². The summed E-state index contributed by atoms with van der Waals surface area (Å²) >= 11 is 18.8. The Labute approximate surface area is 191 Å². The molecule has 0 saturated heterocycles. The SMILES string of the molecule is CNC(C)/C(C(=O)NCc1ccc(C(=N)N)cc1)=C(/Cl)NCc1c(Cl)cccc1Cl. The summed E-state index contributed by atoms with van der Waals surface area (Å²) in [5.74, 6) is -0.314. The third-order valence-electron chi connectivity index (χ3n) is 4.55. The van der Waals surface area contributed by atoms with Gasteiger partial charge in [-0.3, -0.25) is 10.2 Å². The molecule has 6 nitrogen and oxygen atoms in total. The van der Waals surface area contributed by atoms with E-state index in [0.29, 0.717) is 33.3 Å². The number of nitrogens with two attached hydrogens (primary N) is 1. The smallest absolute Gasteiger partial charge is 0.252 e. The zero-order chi connectivity index (χ0) is 22.3. The fraction of sp³-hybridized carbons (Fsp3) is 0.238. The molecule has 0 heterocycles. The molecule has 0 saturated carbocycles. The highest BCUT2D eigenvalue weighted by Gasteiger charge is 2.20. The van der Waals surface area contributed by atoms with Gasteiger partial charge in [0, 0.05) is 40.3 Å². The normalized spacial score (nSPS) is 12.7. The summed E-state index contributed by atoms with van der Waals surface area (Å²) in [6.45, 7) is 2.41. The van der Waals surface area contributed by atoms with Gasteiger partial charge in [0.25, 0.3) is 5.91 Å². The first-order chi connectivity index (χ1) is 14.2. The lowest BCUT2D eigenvalue weighted by Crippen LogP contribution is -2.37. The molecule has 0 bridgehead atoms. The van der Waals surface area contributed by atoms with Gasteiger partial charge in [-0.25, -0.2) is 0 Å². The van der Waals surface area contributed by atoms with E-state index in [2.05, 4.69) is 16.0 Å². The lowest BCUT2D eigenvalue weighted by Gasteiger charge is -2.19. The number of hydrogen-bond acceptors (Lipinski definition) is 4. The van der Waals surface area contributed by atoms with Crippen molar-refractivity contribution in [3.63, 3.8) is 0 Å². The molecule has 0 spiro atoms. The second kappa shape index (κ2) is 11.2. The van der Waals surface area contributed by atoms with Crippen LogP contribution in [-0.2, 0) is 17.9 Å². The van der Waals surface area contributed by atoms with Crippen LogP contribution in [0.3, 0.4) is 0 Å².